The zero-order valence-corrected chi connectivity index (χ0v) is 15.3. The lowest BCUT2D eigenvalue weighted by atomic mass is 10.1. The Morgan fingerprint density at radius 3 is 2.61 bits per heavy atom. The van der Waals surface area contributed by atoms with Crippen LogP contribution in [0.3, 0.4) is 0 Å². The van der Waals surface area contributed by atoms with Gasteiger partial charge in [0.15, 0.2) is 0 Å². The highest BCUT2D eigenvalue weighted by Crippen LogP contribution is 2.25. The van der Waals surface area contributed by atoms with Crippen molar-refractivity contribution in [3.8, 4) is 22.6 Å². The minimum Gasteiger partial charge on any atom is -0.339 e. The van der Waals surface area contributed by atoms with Crippen LogP contribution in [0.2, 0.25) is 5.02 Å². The minimum atomic E-state index is -0.331. The molecule has 28 heavy (non-hydrogen) atoms. The van der Waals surface area contributed by atoms with E-state index < -0.39 is 0 Å². The number of nitrogens with zero attached hydrogens (tertiary/aromatic N) is 4. The molecule has 4 aromatic rings. The van der Waals surface area contributed by atoms with Crippen LogP contribution in [0.4, 0.5) is 4.39 Å². The van der Waals surface area contributed by atoms with Crippen molar-refractivity contribution in [3.63, 3.8) is 0 Å². The van der Waals surface area contributed by atoms with E-state index in [4.69, 9.17) is 16.1 Å². The molecule has 140 valence electrons. The molecule has 0 spiro atoms. The number of rotatable bonds is 5. The third kappa shape index (κ3) is 3.84. The number of hydrogen-bond donors (Lipinski definition) is 0. The van der Waals surface area contributed by atoms with Crippen LogP contribution in [-0.2, 0) is 13.0 Å². The Hall–Kier alpha value is -3.32. The van der Waals surface area contributed by atoms with Crippen LogP contribution in [0, 0.1) is 5.82 Å². The summed E-state index contributed by atoms with van der Waals surface area (Å²) >= 11 is 6.15. The lowest BCUT2D eigenvalue weighted by Crippen LogP contribution is -2.23. The molecule has 2 aromatic heterocycles. The zero-order valence-electron chi connectivity index (χ0n) is 14.5. The van der Waals surface area contributed by atoms with Crippen molar-refractivity contribution < 1.29 is 8.91 Å². The normalized spacial score (nSPS) is 10.9. The third-order valence-corrected chi connectivity index (χ3v) is 4.46. The first-order valence-corrected chi connectivity index (χ1v) is 8.89. The second-order valence-electron chi connectivity index (χ2n) is 6.03. The summed E-state index contributed by atoms with van der Waals surface area (Å²) in [7, 11) is 0. The number of aromatic nitrogens is 4. The fourth-order valence-corrected chi connectivity index (χ4v) is 2.91. The fraction of sp³-hybridized carbons (Fsp3) is 0.100. The van der Waals surface area contributed by atoms with Crippen molar-refractivity contribution in [1.82, 2.24) is 19.9 Å². The molecule has 4 rings (SSSR count). The van der Waals surface area contributed by atoms with E-state index in [9.17, 15) is 9.18 Å². The topological polar surface area (TPSA) is 73.8 Å². The van der Waals surface area contributed by atoms with E-state index in [1.165, 1.54) is 22.9 Å². The van der Waals surface area contributed by atoms with Crippen LogP contribution >= 0.6 is 11.6 Å². The van der Waals surface area contributed by atoms with Gasteiger partial charge in [-0.25, -0.2) is 9.07 Å². The molecule has 6 nitrogen and oxygen atoms in total. The third-order valence-electron chi connectivity index (χ3n) is 4.13. The molecule has 0 aliphatic heterocycles. The first kappa shape index (κ1) is 18.1. The highest BCUT2D eigenvalue weighted by Gasteiger charge is 2.12. The quantitative estimate of drug-likeness (QED) is 0.510. The van der Waals surface area contributed by atoms with Crippen LogP contribution in [0.15, 0.2) is 70.0 Å². The second kappa shape index (κ2) is 7.74. The van der Waals surface area contributed by atoms with Gasteiger partial charge in [-0.15, -0.1) is 0 Å². The van der Waals surface area contributed by atoms with Gasteiger partial charge in [0.2, 0.25) is 11.7 Å². The van der Waals surface area contributed by atoms with Crippen LogP contribution in [0.5, 0.6) is 0 Å². The lowest BCUT2D eigenvalue weighted by molar-refractivity contribution is 0.368. The first-order valence-electron chi connectivity index (χ1n) is 8.52. The first-order chi connectivity index (χ1) is 13.6. The maximum Gasteiger partial charge on any atom is 0.266 e. The number of aryl methyl sites for hydroxylation is 2. The maximum absolute atomic E-state index is 13.1. The molecular formula is C20H14ClFN4O2. The number of hydrogen-bond acceptors (Lipinski definition) is 5. The SMILES string of the molecule is O=c1ccc(-c2ccc(F)cc2)nn1CCc1nc(-c2ccccc2Cl)no1. The highest BCUT2D eigenvalue weighted by molar-refractivity contribution is 6.33. The Morgan fingerprint density at radius 1 is 1.04 bits per heavy atom. The summed E-state index contributed by atoms with van der Waals surface area (Å²) in [6.45, 7) is 0.262. The molecule has 0 fully saturated rings. The predicted molar refractivity (Wildman–Crippen MR) is 102 cm³/mol. The van der Waals surface area contributed by atoms with E-state index in [0.717, 1.165) is 0 Å². The molecular weight excluding hydrogens is 383 g/mol. The van der Waals surface area contributed by atoms with Gasteiger partial charge >= 0.3 is 0 Å². The Labute approximate surface area is 164 Å². The van der Waals surface area contributed by atoms with Crippen LogP contribution in [0.1, 0.15) is 5.89 Å². The van der Waals surface area contributed by atoms with Gasteiger partial charge in [-0.2, -0.15) is 10.1 Å². The van der Waals surface area contributed by atoms with Crippen LogP contribution in [0.25, 0.3) is 22.6 Å². The van der Waals surface area contributed by atoms with Crippen molar-refractivity contribution in [2.45, 2.75) is 13.0 Å². The van der Waals surface area contributed by atoms with Gasteiger partial charge in [-0.05, 0) is 42.5 Å². The largest absolute Gasteiger partial charge is 0.339 e. The van der Waals surface area contributed by atoms with Crippen LogP contribution < -0.4 is 5.56 Å². The Morgan fingerprint density at radius 2 is 1.82 bits per heavy atom. The van der Waals surface area contributed by atoms with Gasteiger partial charge in [0.1, 0.15) is 5.82 Å². The van der Waals surface area contributed by atoms with E-state index in [-0.39, 0.29) is 17.9 Å². The molecule has 0 atom stereocenters. The molecule has 0 bridgehead atoms. The fourth-order valence-electron chi connectivity index (χ4n) is 2.69. The second-order valence-corrected chi connectivity index (χ2v) is 6.44. The van der Waals surface area contributed by atoms with Gasteiger partial charge in [-0.3, -0.25) is 4.79 Å². The van der Waals surface area contributed by atoms with Crippen molar-refractivity contribution in [2.24, 2.45) is 0 Å². The van der Waals surface area contributed by atoms with E-state index in [0.29, 0.717) is 40.0 Å². The van der Waals surface area contributed by atoms with Gasteiger partial charge in [0.05, 0.1) is 17.3 Å². The molecule has 0 unspecified atom stereocenters. The minimum absolute atomic E-state index is 0.253. The Kier molecular flexibility index (Phi) is 4.99. The van der Waals surface area contributed by atoms with Crippen molar-refractivity contribution in [1.29, 1.82) is 0 Å². The summed E-state index contributed by atoms with van der Waals surface area (Å²) in [5.74, 6) is 0.430. The summed E-state index contributed by atoms with van der Waals surface area (Å²) in [6, 6.07) is 16.2. The van der Waals surface area contributed by atoms with Crippen molar-refractivity contribution >= 4 is 11.6 Å². The smallest absolute Gasteiger partial charge is 0.266 e. The molecule has 0 aliphatic carbocycles. The van der Waals surface area contributed by atoms with Gasteiger partial charge in [0.25, 0.3) is 5.56 Å². The number of halogens is 2. The maximum atomic E-state index is 13.1. The summed E-state index contributed by atoms with van der Waals surface area (Å²) in [5.41, 5.74) is 1.71. The highest BCUT2D eigenvalue weighted by atomic mass is 35.5. The summed E-state index contributed by atoms with van der Waals surface area (Å²) < 4.78 is 19.7. The number of benzene rings is 2. The Balaban J connectivity index is 1.52. The monoisotopic (exact) mass is 396 g/mol. The molecule has 0 aliphatic rings. The standard InChI is InChI=1S/C20H14ClFN4O2/c21-16-4-2-1-3-15(16)20-23-18(28-25-20)11-12-26-19(27)10-9-17(24-26)13-5-7-14(22)8-6-13/h1-10H,11-12H2. The molecule has 2 heterocycles. The molecule has 8 heteroatoms. The molecule has 2 aromatic carbocycles. The molecule has 0 saturated heterocycles. The molecule has 0 N–H and O–H groups in total. The molecule has 0 amide bonds. The Bertz CT molecular complexity index is 1170. The van der Waals surface area contributed by atoms with E-state index in [1.807, 2.05) is 12.1 Å². The summed E-state index contributed by atoms with van der Waals surface area (Å²) in [5, 5.41) is 8.81. The van der Waals surface area contributed by atoms with E-state index in [2.05, 4.69) is 15.2 Å². The average molecular weight is 397 g/mol. The average Bonchev–Trinajstić information content (AvgIpc) is 3.17. The summed E-state index contributed by atoms with van der Waals surface area (Å²) in [6.07, 6.45) is 0.331. The van der Waals surface area contributed by atoms with Gasteiger partial charge in [-0.1, -0.05) is 28.9 Å². The van der Waals surface area contributed by atoms with Gasteiger partial charge < -0.3 is 4.52 Å². The van der Waals surface area contributed by atoms with Crippen LogP contribution in [-0.4, -0.2) is 19.9 Å². The predicted octanol–water partition coefficient (Wildman–Crippen LogP) is 4.00. The zero-order chi connectivity index (χ0) is 19.5. The summed E-state index contributed by atoms with van der Waals surface area (Å²) in [4.78, 5) is 16.4. The van der Waals surface area contributed by atoms with Crippen molar-refractivity contribution in [2.75, 3.05) is 0 Å². The van der Waals surface area contributed by atoms with E-state index >= 15 is 0 Å². The molecule has 0 radical (unpaired) electrons. The van der Waals surface area contributed by atoms with Crippen molar-refractivity contribution in [3.05, 3.63) is 87.7 Å². The molecule has 0 saturated carbocycles. The van der Waals surface area contributed by atoms with E-state index in [1.54, 1.807) is 30.3 Å². The van der Waals surface area contributed by atoms with Gasteiger partial charge in [0, 0.05) is 23.6 Å². The lowest BCUT2D eigenvalue weighted by Gasteiger charge is -2.06.